The first kappa shape index (κ1) is 23.0. The molecule has 1 aliphatic heterocycles. The van der Waals surface area contributed by atoms with Gasteiger partial charge in [0.15, 0.2) is 5.65 Å². The molecule has 188 valence electrons. The van der Waals surface area contributed by atoms with Gasteiger partial charge >= 0.3 is 0 Å². The van der Waals surface area contributed by atoms with Gasteiger partial charge in [0.2, 0.25) is 0 Å². The van der Waals surface area contributed by atoms with E-state index in [2.05, 4.69) is 46.5 Å². The third kappa shape index (κ3) is 3.68. The van der Waals surface area contributed by atoms with Crippen LogP contribution in [0, 0.1) is 19.3 Å². The van der Waals surface area contributed by atoms with Crippen molar-refractivity contribution in [3.05, 3.63) is 34.9 Å². The molecule has 3 aliphatic rings. The van der Waals surface area contributed by atoms with Gasteiger partial charge < -0.3 is 9.64 Å². The van der Waals surface area contributed by atoms with E-state index in [-0.39, 0.29) is 0 Å². The van der Waals surface area contributed by atoms with E-state index in [4.69, 9.17) is 14.8 Å². The van der Waals surface area contributed by atoms with E-state index in [1.54, 1.807) is 7.11 Å². The number of fused-ring (bicyclic) bond motifs is 4. The third-order valence-corrected chi connectivity index (χ3v) is 9.36. The topological polar surface area (TPSA) is 64.2 Å². The van der Waals surface area contributed by atoms with E-state index >= 15 is 0 Å². The summed E-state index contributed by atoms with van der Waals surface area (Å²) in [6.07, 6.45) is 9.55. The number of aromatic nitrogens is 5. The smallest absolute Gasteiger partial charge is 0.159 e. The van der Waals surface area contributed by atoms with Gasteiger partial charge in [-0.05, 0) is 64.5 Å². The summed E-state index contributed by atoms with van der Waals surface area (Å²) in [6.45, 7) is 9.09. The second-order valence-electron chi connectivity index (χ2n) is 11.4. The van der Waals surface area contributed by atoms with Crippen LogP contribution in [0.15, 0.2) is 12.3 Å². The molecular weight excluding hydrogens is 438 g/mol. The first-order valence-electron chi connectivity index (χ1n) is 13.1. The van der Waals surface area contributed by atoms with Gasteiger partial charge in [-0.3, -0.25) is 14.3 Å². The number of methoxy groups -OCH3 is 1. The fourth-order valence-corrected chi connectivity index (χ4v) is 7.29. The summed E-state index contributed by atoms with van der Waals surface area (Å²) in [5.41, 5.74) is 8.06. The molecule has 0 spiro atoms. The van der Waals surface area contributed by atoms with Crippen LogP contribution in [0.3, 0.4) is 0 Å². The van der Waals surface area contributed by atoms with Crippen molar-refractivity contribution >= 4 is 16.7 Å². The lowest BCUT2D eigenvalue weighted by Crippen LogP contribution is -2.44. The number of aryl methyl sites for hydroxylation is 3. The number of anilines is 1. The minimum atomic E-state index is 0.367. The fourth-order valence-electron chi connectivity index (χ4n) is 7.29. The van der Waals surface area contributed by atoms with Gasteiger partial charge in [0, 0.05) is 69.2 Å². The highest BCUT2D eigenvalue weighted by Crippen LogP contribution is 2.59. The number of ether oxygens (including phenoxy) is 1. The maximum atomic E-state index is 5.37. The van der Waals surface area contributed by atoms with Crippen LogP contribution in [0.25, 0.3) is 11.0 Å². The number of pyridine rings is 1. The Morgan fingerprint density at radius 3 is 2.74 bits per heavy atom. The maximum Gasteiger partial charge on any atom is 0.159 e. The maximum absolute atomic E-state index is 5.37. The lowest BCUT2D eigenvalue weighted by molar-refractivity contribution is 0.0839. The molecule has 8 nitrogen and oxygen atoms in total. The average molecular weight is 478 g/mol. The van der Waals surface area contributed by atoms with E-state index in [9.17, 15) is 0 Å². The van der Waals surface area contributed by atoms with Crippen LogP contribution in [0.4, 0.5) is 5.69 Å². The Labute approximate surface area is 208 Å². The van der Waals surface area contributed by atoms with Crippen LogP contribution < -0.4 is 4.90 Å². The average Bonchev–Trinajstić information content (AvgIpc) is 3.60. The zero-order chi connectivity index (χ0) is 24.4. The summed E-state index contributed by atoms with van der Waals surface area (Å²) in [6, 6.07) is 2.21. The number of rotatable bonds is 7. The summed E-state index contributed by atoms with van der Waals surface area (Å²) in [7, 11) is 6.07. The summed E-state index contributed by atoms with van der Waals surface area (Å²) >= 11 is 0. The predicted molar refractivity (Wildman–Crippen MR) is 138 cm³/mol. The molecule has 0 radical (unpaired) electrons. The molecule has 4 heterocycles. The Hall–Kier alpha value is -2.45. The molecule has 6 rings (SSSR count). The number of hydrogen-bond acceptors (Lipinski definition) is 6. The van der Waals surface area contributed by atoms with Gasteiger partial charge in [0.1, 0.15) is 0 Å². The van der Waals surface area contributed by atoms with Gasteiger partial charge in [0.25, 0.3) is 0 Å². The lowest BCUT2D eigenvalue weighted by atomic mass is 9.83. The largest absolute Gasteiger partial charge is 0.383 e. The molecule has 0 N–H and O–H groups in total. The molecule has 35 heavy (non-hydrogen) atoms. The molecule has 0 unspecified atom stereocenters. The van der Waals surface area contributed by atoms with E-state index < -0.39 is 0 Å². The molecule has 2 saturated carbocycles. The summed E-state index contributed by atoms with van der Waals surface area (Å²) in [5.74, 6) is 0. The van der Waals surface area contributed by atoms with E-state index in [0.29, 0.717) is 11.0 Å². The SMILES string of the molecule is COCCN(C)C12CCC(Cn3nc(C)c4c3CCN(c3cc(C)nc5c3cnn5C)C4)(CC1)C2. The Morgan fingerprint density at radius 2 is 1.97 bits per heavy atom. The molecular formula is C27H39N7O. The Kier molecular flexibility index (Phi) is 5.45. The van der Waals surface area contributed by atoms with Gasteiger partial charge in [-0.1, -0.05) is 0 Å². The van der Waals surface area contributed by atoms with Crippen molar-refractivity contribution in [3.63, 3.8) is 0 Å². The molecule has 3 aromatic heterocycles. The Morgan fingerprint density at radius 1 is 1.17 bits per heavy atom. The highest BCUT2D eigenvalue weighted by atomic mass is 16.5. The van der Waals surface area contributed by atoms with Gasteiger partial charge in [-0.15, -0.1) is 0 Å². The van der Waals surface area contributed by atoms with Crippen molar-refractivity contribution in [2.24, 2.45) is 12.5 Å². The quantitative estimate of drug-likeness (QED) is 0.518. The van der Waals surface area contributed by atoms with Crippen molar-refractivity contribution < 1.29 is 4.74 Å². The third-order valence-electron chi connectivity index (χ3n) is 9.36. The van der Waals surface area contributed by atoms with Crippen LogP contribution in [0.5, 0.6) is 0 Å². The number of nitrogens with zero attached hydrogens (tertiary/aromatic N) is 7. The zero-order valence-corrected chi connectivity index (χ0v) is 22.0. The standard InChI is InChI=1S/C27H39N7O/c1-19-14-24(21-15-28-32(4)25(21)29-19)33-11-6-23-22(16-33)20(2)30-34(23)18-26-7-9-27(17-26,10-8-26)31(3)12-13-35-5/h14-15H,6-13,16-18H2,1-5H3. The molecule has 2 aliphatic carbocycles. The van der Waals surface area contributed by atoms with Gasteiger partial charge in [0.05, 0.1) is 29.6 Å². The van der Waals surface area contributed by atoms with Crippen LogP contribution in [-0.4, -0.2) is 68.8 Å². The predicted octanol–water partition coefficient (Wildman–Crippen LogP) is 3.63. The molecule has 2 bridgehead atoms. The van der Waals surface area contributed by atoms with E-state index in [1.807, 2.05) is 17.9 Å². The Bertz CT molecular complexity index is 1250. The van der Waals surface area contributed by atoms with Crippen molar-refractivity contribution in [1.29, 1.82) is 0 Å². The molecule has 0 amide bonds. The van der Waals surface area contributed by atoms with E-state index in [1.165, 1.54) is 54.7 Å². The lowest BCUT2D eigenvalue weighted by Gasteiger charge is -2.37. The van der Waals surface area contributed by atoms with Crippen LogP contribution >= 0.6 is 0 Å². The summed E-state index contributed by atoms with van der Waals surface area (Å²) in [4.78, 5) is 9.80. The second kappa shape index (κ2) is 8.30. The molecule has 0 atom stereocenters. The van der Waals surface area contributed by atoms with E-state index in [0.717, 1.165) is 55.9 Å². The summed E-state index contributed by atoms with van der Waals surface area (Å²) in [5, 5.41) is 10.7. The number of hydrogen-bond donors (Lipinski definition) is 0. The normalized spacial score (nSPS) is 25.8. The Balaban J connectivity index is 1.23. The minimum Gasteiger partial charge on any atom is -0.383 e. The van der Waals surface area contributed by atoms with Crippen LogP contribution in [0.1, 0.15) is 54.7 Å². The molecule has 0 saturated heterocycles. The highest BCUT2D eigenvalue weighted by Gasteiger charge is 2.56. The van der Waals surface area contributed by atoms with Crippen molar-refractivity contribution in [3.8, 4) is 0 Å². The van der Waals surface area contributed by atoms with Crippen molar-refractivity contribution in [2.45, 2.75) is 71.0 Å². The minimum absolute atomic E-state index is 0.367. The monoisotopic (exact) mass is 477 g/mol. The molecule has 2 fully saturated rings. The van der Waals surface area contributed by atoms with Gasteiger partial charge in [-0.25, -0.2) is 4.98 Å². The molecule has 3 aromatic rings. The molecule has 8 heteroatoms. The van der Waals surface area contributed by atoms with Crippen LogP contribution in [0.2, 0.25) is 0 Å². The zero-order valence-electron chi connectivity index (χ0n) is 22.0. The highest BCUT2D eigenvalue weighted by molar-refractivity contribution is 5.89. The van der Waals surface area contributed by atoms with Gasteiger partial charge in [-0.2, -0.15) is 10.2 Å². The fraction of sp³-hybridized carbons (Fsp3) is 0.667. The first-order valence-corrected chi connectivity index (χ1v) is 13.1. The van der Waals surface area contributed by atoms with Crippen LogP contribution in [-0.2, 0) is 31.3 Å². The molecule has 0 aromatic carbocycles. The van der Waals surface area contributed by atoms with Crippen molar-refractivity contribution in [2.75, 3.05) is 38.8 Å². The first-order chi connectivity index (χ1) is 16.8. The van der Waals surface area contributed by atoms with Crippen molar-refractivity contribution in [1.82, 2.24) is 29.4 Å². The number of likely N-dealkylation sites (N-methyl/N-ethyl adjacent to an activating group) is 1. The summed E-state index contributed by atoms with van der Waals surface area (Å²) < 4.78 is 9.64. The second-order valence-corrected chi connectivity index (χ2v) is 11.4.